The molecule has 1 heterocycles. The van der Waals surface area contributed by atoms with E-state index in [-0.39, 0.29) is 6.04 Å². The van der Waals surface area contributed by atoms with Gasteiger partial charge in [-0.3, -0.25) is 4.90 Å². The van der Waals surface area contributed by atoms with Crippen LogP contribution in [0.2, 0.25) is 0 Å². The Bertz CT molecular complexity index is 596. The van der Waals surface area contributed by atoms with Crippen LogP contribution in [0.25, 0.3) is 0 Å². The van der Waals surface area contributed by atoms with Gasteiger partial charge in [-0.2, -0.15) is 4.31 Å². The molecule has 1 saturated heterocycles. The Balaban J connectivity index is 1.76. The van der Waals surface area contributed by atoms with Gasteiger partial charge in [-0.25, -0.2) is 8.42 Å². The third-order valence-electron chi connectivity index (χ3n) is 4.56. The van der Waals surface area contributed by atoms with E-state index < -0.39 is 10.0 Å². The first-order chi connectivity index (χ1) is 9.98. The van der Waals surface area contributed by atoms with Gasteiger partial charge < -0.3 is 5.73 Å². The summed E-state index contributed by atoms with van der Waals surface area (Å²) in [6, 6.07) is 7.21. The molecule has 1 aliphatic heterocycles. The lowest BCUT2D eigenvalue weighted by molar-refractivity contribution is 0.152. The van der Waals surface area contributed by atoms with Crippen LogP contribution in [0.3, 0.4) is 0 Å². The first kappa shape index (κ1) is 14.8. The van der Waals surface area contributed by atoms with Crippen LogP contribution < -0.4 is 5.73 Å². The average Bonchev–Trinajstić information content (AvgIpc) is 3.32. The number of nitrogens with zero attached hydrogens (tertiary/aromatic N) is 2. The van der Waals surface area contributed by atoms with E-state index in [4.69, 9.17) is 5.73 Å². The highest BCUT2D eigenvalue weighted by Crippen LogP contribution is 2.31. The molecular formula is C15H23N3O2S. The molecule has 21 heavy (non-hydrogen) atoms. The van der Waals surface area contributed by atoms with Gasteiger partial charge in [0.25, 0.3) is 0 Å². The van der Waals surface area contributed by atoms with Crippen molar-refractivity contribution in [3.63, 3.8) is 0 Å². The van der Waals surface area contributed by atoms with Crippen molar-refractivity contribution in [1.29, 1.82) is 0 Å². The maximum Gasteiger partial charge on any atom is 0.243 e. The number of likely N-dealkylation sites (tertiary alicyclic amines) is 1. The molecule has 0 bridgehead atoms. The zero-order valence-corrected chi connectivity index (χ0v) is 13.2. The second kappa shape index (κ2) is 5.59. The third-order valence-corrected chi connectivity index (χ3v) is 6.49. The molecule has 2 aliphatic rings. The van der Waals surface area contributed by atoms with Crippen LogP contribution in [0, 0.1) is 0 Å². The fraction of sp³-hybridized carbons (Fsp3) is 0.600. The molecule has 1 saturated carbocycles. The van der Waals surface area contributed by atoms with Crippen molar-refractivity contribution in [1.82, 2.24) is 9.21 Å². The lowest BCUT2D eigenvalue weighted by atomic mass is 10.1. The van der Waals surface area contributed by atoms with E-state index in [1.165, 1.54) is 12.8 Å². The number of benzene rings is 1. The number of piperidine rings is 1. The summed E-state index contributed by atoms with van der Waals surface area (Å²) in [4.78, 5) is 2.77. The third kappa shape index (κ3) is 3.07. The molecule has 3 rings (SSSR count). The predicted octanol–water partition coefficient (Wildman–Crippen LogP) is 1.52. The van der Waals surface area contributed by atoms with Gasteiger partial charge in [0.2, 0.25) is 10.0 Å². The molecule has 0 amide bonds. The number of hydrogen-bond donors (Lipinski definition) is 1. The summed E-state index contributed by atoms with van der Waals surface area (Å²) >= 11 is 0. The highest BCUT2D eigenvalue weighted by atomic mass is 32.2. The maximum absolute atomic E-state index is 12.7. The SMILES string of the molecule is CN(C1CCCN(C2CC2)C1)S(=O)(=O)c1ccc(N)cc1. The van der Waals surface area contributed by atoms with Crippen LogP contribution in [0.5, 0.6) is 0 Å². The van der Waals surface area contributed by atoms with Gasteiger partial charge in [-0.15, -0.1) is 0 Å². The van der Waals surface area contributed by atoms with Crippen molar-refractivity contribution < 1.29 is 8.42 Å². The van der Waals surface area contributed by atoms with Gasteiger partial charge in [0.05, 0.1) is 4.90 Å². The molecule has 2 fully saturated rings. The first-order valence-corrected chi connectivity index (χ1v) is 9.00. The zero-order valence-electron chi connectivity index (χ0n) is 12.4. The quantitative estimate of drug-likeness (QED) is 0.856. The van der Waals surface area contributed by atoms with Gasteiger partial charge in [0.15, 0.2) is 0 Å². The van der Waals surface area contributed by atoms with Crippen molar-refractivity contribution in [3.05, 3.63) is 24.3 Å². The van der Waals surface area contributed by atoms with Crippen LogP contribution in [0.4, 0.5) is 5.69 Å². The zero-order chi connectivity index (χ0) is 15.0. The molecule has 0 radical (unpaired) electrons. The highest BCUT2D eigenvalue weighted by molar-refractivity contribution is 7.89. The smallest absolute Gasteiger partial charge is 0.243 e. The number of nitrogen functional groups attached to an aromatic ring is 1. The van der Waals surface area contributed by atoms with E-state index in [2.05, 4.69) is 4.90 Å². The Kier molecular flexibility index (Phi) is 3.94. The minimum atomic E-state index is -3.43. The van der Waals surface area contributed by atoms with Crippen LogP contribution >= 0.6 is 0 Å². The molecule has 1 atom stereocenters. The van der Waals surface area contributed by atoms with Gasteiger partial charge >= 0.3 is 0 Å². The normalized spacial score (nSPS) is 24.4. The molecule has 0 spiro atoms. The van der Waals surface area contributed by atoms with E-state index in [1.54, 1.807) is 35.6 Å². The molecule has 116 valence electrons. The highest BCUT2D eigenvalue weighted by Gasteiger charge is 2.36. The number of likely N-dealkylation sites (N-methyl/N-ethyl adjacent to an activating group) is 1. The van der Waals surface area contributed by atoms with Crippen LogP contribution in [-0.2, 0) is 10.0 Å². The summed E-state index contributed by atoms with van der Waals surface area (Å²) < 4.78 is 27.0. The summed E-state index contributed by atoms with van der Waals surface area (Å²) in [5, 5.41) is 0. The van der Waals surface area contributed by atoms with Crippen molar-refractivity contribution in [2.75, 3.05) is 25.9 Å². The molecular weight excluding hydrogens is 286 g/mol. The predicted molar refractivity (Wildman–Crippen MR) is 83.4 cm³/mol. The molecule has 1 unspecified atom stereocenters. The Labute approximate surface area is 126 Å². The minimum absolute atomic E-state index is 0.0712. The van der Waals surface area contributed by atoms with Crippen LogP contribution in [0.1, 0.15) is 25.7 Å². The van der Waals surface area contributed by atoms with Crippen molar-refractivity contribution in [2.24, 2.45) is 0 Å². The monoisotopic (exact) mass is 309 g/mol. The lowest BCUT2D eigenvalue weighted by Gasteiger charge is -2.37. The van der Waals surface area contributed by atoms with E-state index in [1.807, 2.05) is 0 Å². The molecule has 1 aromatic carbocycles. The van der Waals surface area contributed by atoms with E-state index >= 15 is 0 Å². The number of hydrogen-bond acceptors (Lipinski definition) is 4. The van der Waals surface area contributed by atoms with E-state index in [0.29, 0.717) is 16.6 Å². The molecule has 5 nitrogen and oxygen atoms in total. The molecule has 6 heteroatoms. The minimum Gasteiger partial charge on any atom is -0.399 e. The van der Waals surface area contributed by atoms with Crippen LogP contribution in [0.15, 0.2) is 29.2 Å². The van der Waals surface area contributed by atoms with Crippen molar-refractivity contribution in [2.45, 2.75) is 42.7 Å². The van der Waals surface area contributed by atoms with Crippen LogP contribution in [-0.4, -0.2) is 49.8 Å². The first-order valence-electron chi connectivity index (χ1n) is 7.56. The largest absolute Gasteiger partial charge is 0.399 e. The standard InChI is InChI=1S/C15H23N3O2S/c1-17(14-3-2-10-18(11-14)13-6-7-13)21(19,20)15-8-4-12(16)5-9-15/h4-5,8-9,13-14H,2-3,6-7,10-11,16H2,1H3. The molecule has 0 aromatic heterocycles. The van der Waals surface area contributed by atoms with Gasteiger partial charge in [-0.05, 0) is 56.5 Å². The summed E-state index contributed by atoms with van der Waals surface area (Å²) in [6.45, 7) is 1.96. The summed E-state index contributed by atoms with van der Waals surface area (Å²) in [5.41, 5.74) is 6.21. The number of rotatable bonds is 4. The fourth-order valence-electron chi connectivity index (χ4n) is 3.05. The fourth-order valence-corrected chi connectivity index (χ4v) is 4.43. The Hall–Kier alpha value is -1.11. The average molecular weight is 309 g/mol. The summed E-state index contributed by atoms with van der Waals surface area (Å²) in [7, 11) is -1.73. The van der Waals surface area contributed by atoms with Gasteiger partial charge in [-0.1, -0.05) is 0 Å². The second-order valence-electron chi connectivity index (χ2n) is 6.11. The molecule has 1 aliphatic carbocycles. The Morgan fingerprint density at radius 3 is 2.48 bits per heavy atom. The Morgan fingerprint density at radius 1 is 1.19 bits per heavy atom. The number of nitrogens with two attached hydrogens (primary N) is 1. The summed E-state index contributed by atoms with van der Waals surface area (Å²) in [6.07, 6.45) is 4.54. The second-order valence-corrected chi connectivity index (χ2v) is 8.11. The Morgan fingerprint density at radius 2 is 1.86 bits per heavy atom. The van der Waals surface area contributed by atoms with E-state index in [0.717, 1.165) is 25.9 Å². The van der Waals surface area contributed by atoms with Crippen molar-refractivity contribution in [3.8, 4) is 0 Å². The van der Waals surface area contributed by atoms with Gasteiger partial charge in [0.1, 0.15) is 0 Å². The van der Waals surface area contributed by atoms with Gasteiger partial charge in [0, 0.05) is 31.4 Å². The lowest BCUT2D eigenvalue weighted by Crippen LogP contribution is -2.49. The molecule has 1 aromatic rings. The maximum atomic E-state index is 12.7. The topological polar surface area (TPSA) is 66.6 Å². The number of anilines is 1. The van der Waals surface area contributed by atoms with E-state index in [9.17, 15) is 8.42 Å². The van der Waals surface area contributed by atoms with Crippen molar-refractivity contribution >= 4 is 15.7 Å². The molecule has 2 N–H and O–H groups in total. The number of sulfonamides is 1. The summed E-state index contributed by atoms with van der Waals surface area (Å²) in [5.74, 6) is 0.